The van der Waals surface area contributed by atoms with E-state index < -0.39 is 11.6 Å². The summed E-state index contributed by atoms with van der Waals surface area (Å²) in [6.07, 6.45) is 0.339. The molecule has 0 saturated heterocycles. The highest BCUT2D eigenvalue weighted by Crippen LogP contribution is 2.17. The van der Waals surface area contributed by atoms with E-state index in [1.165, 1.54) is 0 Å². The summed E-state index contributed by atoms with van der Waals surface area (Å²) in [5, 5.41) is 0. The van der Waals surface area contributed by atoms with Gasteiger partial charge in [-0.05, 0) is 12.1 Å². The minimum Gasteiger partial charge on any atom is -0.490 e. The Balaban J connectivity index is 2.57. The molecule has 1 aromatic rings. The first-order valence-electron chi connectivity index (χ1n) is 3.96. The van der Waals surface area contributed by atoms with Gasteiger partial charge < -0.3 is 10.5 Å². The maximum absolute atomic E-state index is 12.9. The zero-order chi connectivity index (χ0) is 10.6. The molecule has 2 nitrogen and oxygen atoms in total. The second-order valence-electron chi connectivity index (χ2n) is 2.64. The van der Waals surface area contributed by atoms with Gasteiger partial charge in [0.2, 0.25) is 0 Å². The fourth-order valence-corrected chi connectivity index (χ4v) is 0.933. The number of halogens is 2. The van der Waals surface area contributed by atoms with Gasteiger partial charge in [0.05, 0.1) is 11.6 Å². The Morgan fingerprint density at radius 1 is 1.43 bits per heavy atom. The first-order valence-corrected chi connectivity index (χ1v) is 4.36. The van der Waals surface area contributed by atoms with Crippen LogP contribution < -0.4 is 10.5 Å². The summed E-state index contributed by atoms with van der Waals surface area (Å²) in [6, 6.07) is 3.01. The van der Waals surface area contributed by atoms with E-state index in [-0.39, 0.29) is 17.3 Å². The van der Waals surface area contributed by atoms with Crippen LogP contribution in [0.25, 0.3) is 0 Å². The topological polar surface area (TPSA) is 35.2 Å². The molecule has 0 heterocycles. The van der Waals surface area contributed by atoms with Crippen LogP contribution in [0.5, 0.6) is 5.75 Å². The van der Waals surface area contributed by atoms with Crippen molar-refractivity contribution in [1.82, 2.24) is 0 Å². The van der Waals surface area contributed by atoms with Crippen molar-refractivity contribution in [3.05, 3.63) is 29.8 Å². The molecule has 0 aromatic heterocycles. The number of ether oxygens (including phenoxy) is 1. The molecule has 0 saturated carbocycles. The molecule has 0 atom stereocenters. The van der Waals surface area contributed by atoms with Crippen LogP contribution in [0.1, 0.15) is 6.42 Å². The van der Waals surface area contributed by atoms with E-state index >= 15 is 0 Å². The molecule has 14 heavy (non-hydrogen) atoms. The van der Waals surface area contributed by atoms with Crippen LogP contribution in [0.2, 0.25) is 0 Å². The Kier molecular flexibility index (Phi) is 3.76. The highest BCUT2D eigenvalue weighted by Gasteiger charge is 2.04. The van der Waals surface area contributed by atoms with Gasteiger partial charge in [0.15, 0.2) is 11.6 Å². The first-order chi connectivity index (χ1) is 6.59. The lowest BCUT2D eigenvalue weighted by atomic mass is 10.3. The summed E-state index contributed by atoms with van der Waals surface area (Å²) in [5.74, 6) is -1.27. The van der Waals surface area contributed by atoms with Crippen LogP contribution in [0.4, 0.5) is 8.78 Å². The van der Waals surface area contributed by atoms with E-state index in [0.29, 0.717) is 6.42 Å². The largest absolute Gasteiger partial charge is 0.490 e. The lowest BCUT2D eigenvalue weighted by Crippen LogP contribution is -2.12. The Bertz CT molecular complexity index is 344. The standard InChI is InChI=1S/C9H9F2NOS/c10-6-1-2-7(11)8(5-6)13-4-3-9(12)14/h1-2,5H,3-4H2,(H2,12,14). The minimum absolute atomic E-state index is 0.124. The van der Waals surface area contributed by atoms with Crippen molar-refractivity contribution in [3.63, 3.8) is 0 Å². The van der Waals surface area contributed by atoms with Crippen molar-refractivity contribution in [2.24, 2.45) is 5.73 Å². The van der Waals surface area contributed by atoms with E-state index in [1.807, 2.05) is 0 Å². The monoisotopic (exact) mass is 217 g/mol. The molecule has 1 aromatic carbocycles. The smallest absolute Gasteiger partial charge is 0.165 e. The number of hydrogen-bond donors (Lipinski definition) is 1. The number of rotatable bonds is 4. The minimum atomic E-state index is -0.602. The molecular formula is C9H9F2NOS. The third-order valence-electron chi connectivity index (χ3n) is 1.50. The molecule has 0 bridgehead atoms. The Morgan fingerprint density at radius 2 is 2.14 bits per heavy atom. The van der Waals surface area contributed by atoms with Crippen LogP contribution in [0, 0.1) is 11.6 Å². The van der Waals surface area contributed by atoms with Gasteiger partial charge in [0.1, 0.15) is 5.82 Å². The lowest BCUT2D eigenvalue weighted by molar-refractivity contribution is 0.310. The molecule has 0 amide bonds. The molecule has 1 rings (SSSR count). The van der Waals surface area contributed by atoms with Gasteiger partial charge >= 0.3 is 0 Å². The van der Waals surface area contributed by atoms with E-state index in [0.717, 1.165) is 18.2 Å². The molecule has 0 fully saturated rings. The van der Waals surface area contributed by atoms with Gasteiger partial charge in [0.25, 0.3) is 0 Å². The fourth-order valence-electron chi connectivity index (χ4n) is 0.849. The van der Waals surface area contributed by atoms with E-state index in [9.17, 15) is 8.78 Å². The predicted molar refractivity (Wildman–Crippen MR) is 53.3 cm³/mol. The van der Waals surface area contributed by atoms with E-state index in [2.05, 4.69) is 12.2 Å². The third kappa shape index (κ3) is 3.26. The normalized spacial score (nSPS) is 9.86. The molecule has 0 unspecified atom stereocenters. The van der Waals surface area contributed by atoms with E-state index in [4.69, 9.17) is 10.5 Å². The van der Waals surface area contributed by atoms with Crippen molar-refractivity contribution in [2.75, 3.05) is 6.61 Å². The number of thiocarbonyl (C=S) groups is 1. The van der Waals surface area contributed by atoms with Crippen molar-refractivity contribution >= 4 is 17.2 Å². The fraction of sp³-hybridized carbons (Fsp3) is 0.222. The molecule has 2 N–H and O–H groups in total. The molecule has 0 spiro atoms. The SMILES string of the molecule is NC(=S)CCOc1cc(F)ccc1F. The van der Waals surface area contributed by atoms with Crippen molar-refractivity contribution in [1.29, 1.82) is 0 Å². The van der Waals surface area contributed by atoms with Gasteiger partial charge in [-0.3, -0.25) is 0 Å². The van der Waals surface area contributed by atoms with Crippen molar-refractivity contribution in [2.45, 2.75) is 6.42 Å². The van der Waals surface area contributed by atoms with Gasteiger partial charge in [-0.15, -0.1) is 0 Å². The zero-order valence-corrected chi connectivity index (χ0v) is 8.11. The number of nitrogens with two attached hydrogens (primary N) is 1. The van der Waals surface area contributed by atoms with Crippen LogP contribution in [0.3, 0.4) is 0 Å². The van der Waals surface area contributed by atoms with E-state index in [1.54, 1.807) is 0 Å². The number of hydrogen-bond acceptors (Lipinski definition) is 2. The predicted octanol–water partition coefficient (Wildman–Crippen LogP) is 2.02. The molecule has 0 radical (unpaired) electrons. The van der Waals surface area contributed by atoms with Gasteiger partial charge in [-0.2, -0.15) is 0 Å². The molecule has 0 aliphatic carbocycles. The first kappa shape index (κ1) is 10.8. The van der Waals surface area contributed by atoms with Crippen molar-refractivity contribution in [3.8, 4) is 5.75 Å². The van der Waals surface area contributed by atoms with Crippen LogP contribution in [-0.4, -0.2) is 11.6 Å². The second kappa shape index (κ2) is 4.85. The highest BCUT2D eigenvalue weighted by atomic mass is 32.1. The average molecular weight is 217 g/mol. The summed E-state index contributed by atoms with van der Waals surface area (Å²) in [4.78, 5) is 0.279. The average Bonchev–Trinajstić information content (AvgIpc) is 2.10. The summed E-state index contributed by atoms with van der Waals surface area (Å²) < 4.78 is 30.5. The zero-order valence-electron chi connectivity index (χ0n) is 7.30. The van der Waals surface area contributed by atoms with Gasteiger partial charge in [-0.1, -0.05) is 12.2 Å². The molecule has 5 heteroatoms. The quantitative estimate of drug-likeness (QED) is 0.784. The number of benzene rings is 1. The van der Waals surface area contributed by atoms with Crippen LogP contribution >= 0.6 is 12.2 Å². The summed E-state index contributed by atoms with van der Waals surface area (Å²) in [5.41, 5.74) is 5.21. The molecule has 0 aliphatic heterocycles. The summed E-state index contributed by atoms with van der Waals surface area (Å²) >= 11 is 4.60. The highest BCUT2D eigenvalue weighted by molar-refractivity contribution is 7.80. The summed E-state index contributed by atoms with van der Waals surface area (Å²) in [6.45, 7) is 0.149. The summed E-state index contributed by atoms with van der Waals surface area (Å²) in [7, 11) is 0. The Hall–Kier alpha value is -1.23. The van der Waals surface area contributed by atoms with Crippen LogP contribution in [0.15, 0.2) is 18.2 Å². The Labute approximate surface area is 85.7 Å². The van der Waals surface area contributed by atoms with Crippen molar-refractivity contribution < 1.29 is 13.5 Å². The van der Waals surface area contributed by atoms with Gasteiger partial charge in [-0.25, -0.2) is 8.78 Å². The van der Waals surface area contributed by atoms with Crippen LogP contribution in [-0.2, 0) is 0 Å². The second-order valence-corrected chi connectivity index (χ2v) is 3.16. The molecule has 0 aliphatic rings. The molecular weight excluding hydrogens is 208 g/mol. The molecule has 76 valence electrons. The Morgan fingerprint density at radius 3 is 2.79 bits per heavy atom. The third-order valence-corrected chi connectivity index (χ3v) is 1.70. The maximum atomic E-state index is 12.9. The lowest BCUT2D eigenvalue weighted by Gasteiger charge is -2.06. The maximum Gasteiger partial charge on any atom is 0.165 e. The van der Waals surface area contributed by atoms with Gasteiger partial charge in [0, 0.05) is 12.5 Å².